The molecular weight excluding hydrogens is 362 g/mol. The molecular formula is C20H27N3O5. The zero-order chi connectivity index (χ0) is 20.4. The highest BCUT2D eigenvalue weighted by Gasteiger charge is 2.15. The molecule has 2 N–H and O–H groups in total. The van der Waals surface area contributed by atoms with Crippen molar-refractivity contribution in [1.29, 1.82) is 0 Å². The molecule has 0 fully saturated rings. The SMILES string of the molecule is CN=C(NCc1cc(C(=O)OC)c(C)o1)Nc1cccc(OCCCOC)c1. The number of ether oxygens (including phenoxy) is 3. The number of guanidine groups is 1. The lowest BCUT2D eigenvalue weighted by Gasteiger charge is -2.12. The Morgan fingerprint density at radius 1 is 1.21 bits per heavy atom. The van der Waals surface area contributed by atoms with E-state index in [0.29, 0.717) is 42.8 Å². The number of benzene rings is 1. The Balaban J connectivity index is 1.91. The number of rotatable bonds is 9. The van der Waals surface area contributed by atoms with Gasteiger partial charge in [0.2, 0.25) is 0 Å². The maximum atomic E-state index is 11.7. The van der Waals surface area contributed by atoms with Crippen LogP contribution in [0.25, 0.3) is 0 Å². The molecule has 2 aromatic rings. The summed E-state index contributed by atoms with van der Waals surface area (Å²) in [6.07, 6.45) is 0.827. The van der Waals surface area contributed by atoms with Gasteiger partial charge in [-0.2, -0.15) is 0 Å². The molecule has 8 nitrogen and oxygen atoms in total. The Morgan fingerprint density at radius 2 is 2.04 bits per heavy atom. The van der Waals surface area contributed by atoms with E-state index in [2.05, 4.69) is 15.6 Å². The number of hydrogen-bond acceptors (Lipinski definition) is 6. The fourth-order valence-electron chi connectivity index (χ4n) is 2.49. The molecule has 1 aromatic heterocycles. The van der Waals surface area contributed by atoms with Crippen LogP contribution >= 0.6 is 0 Å². The molecule has 0 spiro atoms. The maximum Gasteiger partial charge on any atom is 0.341 e. The van der Waals surface area contributed by atoms with E-state index in [1.165, 1.54) is 7.11 Å². The average Bonchev–Trinajstić information content (AvgIpc) is 3.08. The summed E-state index contributed by atoms with van der Waals surface area (Å²) in [4.78, 5) is 15.9. The van der Waals surface area contributed by atoms with Gasteiger partial charge in [-0.3, -0.25) is 4.99 Å². The lowest BCUT2D eigenvalue weighted by atomic mass is 10.2. The van der Waals surface area contributed by atoms with E-state index in [1.807, 2.05) is 24.3 Å². The van der Waals surface area contributed by atoms with Crippen molar-refractivity contribution >= 4 is 17.6 Å². The van der Waals surface area contributed by atoms with Crippen molar-refractivity contribution in [2.45, 2.75) is 19.9 Å². The smallest absolute Gasteiger partial charge is 0.341 e. The average molecular weight is 389 g/mol. The topological polar surface area (TPSA) is 94.3 Å². The molecule has 0 aliphatic heterocycles. The lowest BCUT2D eigenvalue weighted by molar-refractivity contribution is 0.0599. The van der Waals surface area contributed by atoms with Crippen LogP contribution in [0.1, 0.15) is 28.3 Å². The van der Waals surface area contributed by atoms with Crippen LogP contribution in [0.5, 0.6) is 5.75 Å². The third-order valence-corrected chi connectivity index (χ3v) is 3.89. The van der Waals surface area contributed by atoms with Crippen molar-refractivity contribution in [3.8, 4) is 5.75 Å². The van der Waals surface area contributed by atoms with Gasteiger partial charge in [-0.1, -0.05) is 6.07 Å². The van der Waals surface area contributed by atoms with Gasteiger partial charge in [-0.05, 0) is 25.1 Å². The van der Waals surface area contributed by atoms with Crippen LogP contribution in [0.15, 0.2) is 39.7 Å². The highest BCUT2D eigenvalue weighted by atomic mass is 16.5. The third kappa shape index (κ3) is 6.31. The molecule has 0 saturated carbocycles. The number of nitrogens with one attached hydrogen (secondary N) is 2. The molecule has 0 saturated heterocycles. The Kier molecular flexibility index (Phi) is 8.36. The summed E-state index contributed by atoms with van der Waals surface area (Å²) in [7, 11) is 4.69. The quantitative estimate of drug-likeness (QED) is 0.295. The second-order valence-electron chi connectivity index (χ2n) is 5.95. The Hall–Kier alpha value is -3.00. The molecule has 0 aliphatic carbocycles. The summed E-state index contributed by atoms with van der Waals surface area (Å²) < 4.78 is 21.0. The number of aryl methyl sites for hydroxylation is 1. The summed E-state index contributed by atoms with van der Waals surface area (Å²) in [5.74, 6) is 2.03. The van der Waals surface area contributed by atoms with Crippen LogP contribution in [0.4, 0.5) is 5.69 Å². The van der Waals surface area contributed by atoms with Gasteiger partial charge in [0, 0.05) is 38.9 Å². The zero-order valence-electron chi connectivity index (χ0n) is 16.7. The van der Waals surface area contributed by atoms with Crippen molar-refractivity contribution in [3.05, 3.63) is 47.4 Å². The minimum atomic E-state index is -0.419. The number of nitrogens with zero attached hydrogens (tertiary/aromatic N) is 1. The van der Waals surface area contributed by atoms with Crippen LogP contribution in [-0.4, -0.2) is 46.4 Å². The second-order valence-corrected chi connectivity index (χ2v) is 5.95. The van der Waals surface area contributed by atoms with Crippen LogP contribution in [0.2, 0.25) is 0 Å². The third-order valence-electron chi connectivity index (χ3n) is 3.89. The summed E-state index contributed by atoms with van der Waals surface area (Å²) in [5.41, 5.74) is 1.25. The van der Waals surface area contributed by atoms with Crippen LogP contribution in [0.3, 0.4) is 0 Å². The highest BCUT2D eigenvalue weighted by Crippen LogP contribution is 2.18. The van der Waals surface area contributed by atoms with E-state index in [4.69, 9.17) is 18.6 Å². The molecule has 0 amide bonds. The minimum Gasteiger partial charge on any atom is -0.493 e. The first-order valence-corrected chi connectivity index (χ1v) is 8.94. The number of aliphatic imine (C=N–C) groups is 1. The molecule has 1 aromatic carbocycles. The molecule has 0 aliphatic rings. The minimum absolute atomic E-state index is 0.366. The first-order chi connectivity index (χ1) is 13.6. The van der Waals surface area contributed by atoms with Crippen molar-refractivity contribution in [1.82, 2.24) is 5.32 Å². The molecule has 1 heterocycles. The fourth-order valence-corrected chi connectivity index (χ4v) is 2.49. The van der Waals surface area contributed by atoms with Gasteiger partial charge in [0.15, 0.2) is 5.96 Å². The molecule has 8 heteroatoms. The van der Waals surface area contributed by atoms with E-state index < -0.39 is 5.97 Å². The number of hydrogen-bond donors (Lipinski definition) is 2. The van der Waals surface area contributed by atoms with Gasteiger partial charge in [0.25, 0.3) is 0 Å². The number of carbonyl (C=O) groups excluding carboxylic acids is 1. The van der Waals surface area contributed by atoms with E-state index in [9.17, 15) is 4.79 Å². The molecule has 2 rings (SSSR count). The summed E-state index contributed by atoms with van der Waals surface area (Å²) >= 11 is 0. The molecule has 0 unspecified atom stereocenters. The van der Waals surface area contributed by atoms with Gasteiger partial charge in [0.1, 0.15) is 22.8 Å². The molecule has 0 atom stereocenters. The summed E-state index contributed by atoms with van der Waals surface area (Å²) in [6, 6.07) is 9.27. The summed E-state index contributed by atoms with van der Waals surface area (Å²) in [6.45, 7) is 3.34. The van der Waals surface area contributed by atoms with E-state index in [1.54, 1.807) is 27.1 Å². The predicted octanol–water partition coefficient (Wildman–Crippen LogP) is 2.98. The number of esters is 1. The van der Waals surface area contributed by atoms with Crippen molar-refractivity contribution in [2.75, 3.05) is 39.8 Å². The number of methoxy groups -OCH3 is 2. The first kappa shape index (κ1) is 21.3. The maximum absolute atomic E-state index is 11.7. The van der Waals surface area contributed by atoms with Gasteiger partial charge >= 0.3 is 5.97 Å². The fraction of sp³-hybridized carbons (Fsp3) is 0.400. The van der Waals surface area contributed by atoms with E-state index >= 15 is 0 Å². The predicted molar refractivity (Wildman–Crippen MR) is 107 cm³/mol. The molecule has 152 valence electrons. The lowest BCUT2D eigenvalue weighted by Crippen LogP contribution is -2.30. The number of anilines is 1. The highest BCUT2D eigenvalue weighted by molar-refractivity contribution is 5.93. The Labute approximate surface area is 164 Å². The van der Waals surface area contributed by atoms with Crippen LogP contribution < -0.4 is 15.4 Å². The van der Waals surface area contributed by atoms with Crippen LogP contribution in [-0.2, 0) is 16.0 Å². The van der Waals surface area contributed by atoms with Gasteiger partial charge < -0.3 is 29.3 Å². The monoisotopic (exact) mass is 389 g/mol. The van der Waals surface area contributed by atoms with Gasteiger partial charge in [-0.25, -0.2) is 4.79 Å². The Morgan fingerprint density at radius 3 is 2.75 bits per heavy atom. The molecule has 0 bridgehead atoms. The standard InChI is InChI=1S/C20H27N3O5/c1-14-18(19(24)26-4)12-17(28-14)13-22-20(21-2)23-15-7-5-8-16(11-15)27-10-6-9-25-3/h5,7-8,11-12H,6,9-10,13H2,1-4H3,(H2,21,22,23). The van der Waals surface area contributed by atoms with E-state index in [-0.39, 0.29) is 0 Å². The van der Waals surface area contributed by atoms with Crippen molar-refractivity contribution in [3.63, 3.8) is 0 Å². The Bertz CT molecular complexity index is 801. The number of furan rings is 1. The summed E-state index contributed by atoms with van der Waals surface area (Å²) in [5, 5.41) is 6.34. The normalized spacial score (nSPS) is 11.2. The molecule has 0 radical (unpaired) electrons. The van der Waals surface area contributed by atoms with Crippen molar-refractivity contribution < 1.29 is 23.4 Å². The van der Waals surface area contributed by atoms with Crippen LogP contribution in [0, 0.1) is 6.92 Å². The first-order valence-electron chi connectivity index (χ1n) is 8.94. The number of carbonyl (C=O) groups is 1. The molecule has 28 heavy (non-hydrogen) atoms. The van der Waals surface area contributed by atoms with Gasteiger partial charge in [0.05, 0.1) is 20.3 Å². The van der Waals surface area contributed by atoms with Gasteiger partial charge in [-0.15, -0.1) is 0 Å². The van der Waals surface area contributed by atoms with E-state index in [0.717, 1.165) is 17.9 Å². The van der Waals surface area contributed by atoms with Crippen molar-refractivity contribution in [2.24, 2.45) is 4.99 Å². The largest absolute Gasteiger partial charge is 0.493 e. The zero-order valence-corrected chi connectivity index (χ0v) is 16.7. The second kappa shape index (κ2) is 11.0.